The Morgan fingerprint density at radius 1 is 1.00 bits per heavy atom. The van der Waals surface area contributed by atoms with E-state index in [-0.39, 0.29) is 25.9 Å². The first-order valence-electron chi connectivity index (χ1n) is 6.08. The molecule has 1 aliphatic carbocycles. The van der Waals surface area contributed by atoms with Gasteiger partial charge in [-0.3, -0.25) is 14.4 Å². The van der Waals surface area contributed by atoms with Crippen molar-refractivity contribution in [3.05, 3.63) is 0 Å². The first kappa shape index (κ1) is 14.5. The number of ether oxygens (including phenoxy) is 1. The number of carbonyl (C=O) groups excluding carboxylic acids is 1. The minimum atomic E-state index is -1.05. The van der Waals surface area contributed by atoms with Gasteiger partial charge in [0.25, 0.3) is 0 Å². The lowest BCUT2D eigenvalue weighted by Gasteiger charge is -2.29. The second kappa shape index (κ2) is 6.37. The molecule has 0 heterocycles. The molecule has 102 valence electrons. The van der Waals surface area contributed by atoms with Crippen LogP contribution < -0.4 is 0 Å². The van der Waals surface area contributed by atoms with Gasteiger partial charge in [-0.25, -0.2) is 0 Å². The SMILES string of the molecule is CCCOC(=O)C1C[C@@H](C(=O)O)C[C@@H](C(=O)O)C1. The molecule has 3 atom stereocenters. The number of hydrogen-bond acceptors (Lipinski definition) is 4. The molecule has 0 aromatic carbocycles. The molecule has 0 aromatic rings. The van der Waals surface area contributed by atoms with Gasteiger partial charge in [0, 0.05) is 0 Å². The third-order valence-corrected chi connectivity index (χ3v) is 3.19. The van der Waals surface area contributed by atoms with Gasteiger partial charge in [-0.1, -0.05) is 6.92 Å². The van der Waals surface area contributed by atoms with Gasteiger partial charge in [0.05, 0.1) is 24.4 Å². The van der Waals surface area contributed by atoms with Crippen molar-refractivity contribution >= 4 is 17.9 Å². The standard InChI is InChI=1S/C12H18O6/c1-2-3-18-12(17)9-5-7(10(13)14)4-8(6-9)11(15)16/h7-9H,2-6H2,1H3,(H,13,14)(H,15,16)/t7-,8+,9?. The maximum atomic E-state index is 11.7. The molecule has 18 heavy (non-hydrogen) atoms. The number of hydrogen-bond donors (Lipinski definition) is 2. The van der Waals surface area contributed by atoms with Crippen LogP contribution in [0.2, 0.25) is 0 Å². The van der Waals surface area contributed by atoms with Crippen molar-refractivity contribution in [3.8, 4) is 0 Å². The molecule has 0 amide bonds. The van der Waals surface area contributed by atoms with Crippen molar-refractivity contribution in [3.63, 3.8) is 0 Å². The van der Waals surface area contributed by atoms with Gasteiger partial charge in [0.2, 0.25) is 0 Å². The zero-order valence-electron chi connectivity index (χ0n) is 10.3. The van der Waals surface area contributed by atoms with E-state index in [1.807, 2.05) is 6.92 Å². The van der Waals surface area contributed by atoms with Crippen molar-refractivity contribution in [2.75, 3.05) is 6.61 Å². The molecule has 0 bridgehead atoms. The number of esters is 1. The van der Waals surface area contributed by atoms with Gasteiger partial charge in [-0.05, 0) is 25.7 Å². The van der Waals surface area contributed by atoms with Crippen LogP contribution in [0, 0.1) is 17.8 Å². The lowest BCUT2D eigenvalue weighted by molar-refractivity contribution is -0.156. The number of aliphatic carboxylic acids is 2. The van der Waals surface area contributed by atoms with Crippen molar-refractivity contribution in [2.45, 2.75) is 32.6 Å². The van der Waals surface area contributed by atoms with Crippen LogP contribution in [0.5, 0.6) is 0 Å². The monoisotopic (exact) mass is 258 g/mol. The van der Waals surface area contributed by atoms with E-state index in [2.05, 4.69) is 0 Å². The van der Waals surface area contributed by atoms with E-state index >= 15 is 0 Å². The van der Waals surface area contributed by atoms with Gasteiger partial charge in [-0.2, -0.15) is 0 Å². The first-order valence-corrected chi connectivity index (χ1v) is 6.08. The van der Waals surface area contributed by atoms with Gasteiger partial charge in [-0.15, -0.1) is 0 Å². The van der Waals surface area contributed by atoms with Gasteiger partial charge < -0.3 is 14.9 Å². The molecular weight excluding hydrogens is 240 g/mol. The second-order valence-electron chi connectivity index (χ2n) is 4.64. The Bertz CT molecular complexity index is 315. The molecule has 0 radical (unpaired) electrons. The van der Waals surface area contributed by atoms with Crippen LogP contribution in [0.1, 0.15) is 32.6 Å². The molecule has 1 unspecified atom stereocenters. The summed E-state index contributed by atoms with van der Waals surface area (Å²) in [6, 6.07) is 0. The lowest BCUT2D eigenvalue weighted by atomic mass is 9.75. The van der Waals surface area contributed by atoms with Crippen LogP contribution in [0.25, 0.3) is 0 Å². The fourth-order valence-electron chi connectivity index (χ4n) is 2.24. The Morgan fingerprint density at radius 2 is 1.44 bits per heavy atom. The summed E-state index contributed by atoms with van der Waals surface area (Å²) < 4.78 is 4.96. The fourth-order valence-corrected chi connectivity index (χ4v) is 2.24. The van der Waals surface area contributed by atoms with Gasteiger partial charge >= 0.3 is 17.9 Å². The predicted octanol–water partition coefficient (Wildman–Crippen LogP) is 1.14. The van der Waals surface area contributed by atoms with Crippen LogP contribution >= 0.6 is 0 Å². The number of rotatable bonds is 5. The molecule has 0 saturated heterocycles. The summed E-state index contributed by atoms with van der Waals surface area (Å²) in [4.78, 5) is 33.6. The molecule has 0 aromatic heterocycles. The van der Waals surface area contributed by atoms with Crippen LogP contribution in [-0.2, 0) is 19.1 Å². The smallest absolute Gasteiger partial charge is 0.308 e. The fraction of sp³-hybridized carbons (Fsp3) is 0.750. The maximum Gasteiger partial charge on any atom is 0.308 e. The summed E-state index contributed by atoms with van der Waals surface area (Å²) in [5, 5.41) is 17.9. The molecule has 0 aliphatic heterocycles. The van der Waals surface area contributed by atoms with Crippen LogP contribution in [-0.4, -0.2) is 34.7 Å². The minimum absolute atomic E-state index is 0.0855. The highest BCUT2D eigenvalue weighted by molar-refractivity contribution is 5.79. The Morgan fingerprint density at radius 3 is 1.83 bits per heavy atom. The summed E-state index contributed by atoms with van der Waals surface area (Å²) in [6.07, 6.45) is 1.11. The summed E-state index contributed by atoms with van der Waals surface area (Å²) in [6.45, 7) is 2.14. The Labute approximate surface area is 105 Å². The summed E-state index contributed by atoms with van der Waals surface area (Å²) in [7, 11) is 0. The molecule has 6 nitrogen and oxygen atoms in total. The van der Waals surface area contributed by atoms with Crippen molar-refractivity contribution in [2.24, 2.45) is 17.8 Å². The highest BCUT2D eigenvalue weighted by atomic mass is 16.5. The Kier molecular flexibility index (Phi) is 5.12. The van der Waals surface area contributed by atoms with Crippen molar-refractivity contribution < 1.29 is 29.3 Å². The van der Waals surface area contributed by atoms with E-state index in [4.69, 9.17) is 14.9 Å². The molecule has 0 spiro atoms. The molecular formula is C12H18O6. The third-order valence-electron chi connectivity index (χ3n) is 3.19. The minimum Gasteiger partial charge on any atom is -0.481 e. The zero-order valence-corrected chi connectivity index (χ0v) is 10.3. The Balaban J connectivity index is 2.69. The summed E-state index contributed by atoms with van der Waals surface area (Å²) in [5.74, 6) is -4.75. The zero-order chi connectivity index (χ0) is 13.7. The second-order valence-corrected chi connectivity index (χ2v) is 4.64. The number of carbonyl (C=O) groups is 3. The highest BCUT2D eigenvalue weighted by Crippen LogP contribution is 2.34. The number of carboxylic acids is 2. The highest BCUT2D eigenvalue weighted by Gasteiger charge is 2.39. The van der Waals surface area contributed by atoms with E-state index in [1.165, 1.54) is 0 Å². The van der Waals surface area contributed by atoms with E-state index in [0.717, 1.165) is 0 Å². The molecule has 2 N–H and O–H groups in total. The van der Waals surface area contributed by atoms with E-state index in [9.17, 15) is 14.4 Å². The average molecular weight is 258 g/mol. The molecule has 1 rings (SSSR count). The molecule has 1 fully saturated rings. The lowest BCUT2D eigenvalue weighted by Crippen LogP contribution is -2.35. The Hall–Kier alpha value is -1.59. The van der Waals surface area contributed by atoms with Gasteiger partial charge in [0.15, 0.2) is 0 Å². The number of carboxylic acid groups (broad SMARTS) is 2. The van der Waals surface area contributed by atoms with Crippen molar-refractivity contribution in [1.82, 2.24) is 0 Å². The predicted molar refractivity (Wildman–Crippen MR) is 60.8 cm³/mol. The van der Waals surface area contributed by atoms with Gasteiger partial charge in [0.1, 0.15) is 0 Å². The normalized spacial score (nSPS) is 27.5. The van der Waals surface area contributed by atoms with Crippen LogP contribution in [0.4, 0.5) is 0 Å². The first-order chi connectivity index (χ1) is 8.45. The third kappa shape index (κ3) is 3.72. The van der Waals surface area contributed by atoms with Crippen molar-refractivity contribution in [1.29, 1.82) is 0 Å². The van der Waals surface area contributed by atoms with Crippen LogP contribution in [0.3, 0.4) is 0 Å². The molecule has 1 saturated carbocycles. The largest absolute Gasteiger partial charge is 0.481 e. The topological polar surface area (TPSA) is 101 Å². The van der Waals surface area contributed by atoms with E-state index in [0.29, 0.717) is 6.42 Å². The van der Waals surface area contributed by atoms with E-state index < -0.39 is 35.7 Å². The van der Waals surface area contributed by atoms with Crippen LogP contribution in [0.15, 0.2) is 0 Å². The summed E-state index contributed by atoms with van der Waals surface area (Å²) in [5.41, 5.74) is 0. The molecule has 6 heteroatoms. The quantitative estimate of drug-likeness (QED) is 0.717. The maximum absolute atomic E-state index is 11.7. The van der Waals surface area contributed by atoms with E-state index in [1.54, 1.807) is 0 Å². The molecule has 1 aliphatic rings. The average Bonchev–Trinajstić information content (AvgIpc) is 2.35. The summed E-state index contributed by atoms with van der Waals surface area (Å²) >= 11 is 0.